The molecule has 0 aromatic rings. The van der Waals surface area contributed by atoms with Crippen molar-refractivity contribution in [3.63, 3.8) is 0 Å². The van der Waals surface area contributed by atoms with Crippen LogP contribution in [0.4, 0.5) is 0 Å². The molecule has 0 aromatic carbocycles. The molecular weight excluding hydrogens is 394 g/mol. The van der Waals surface area contributed by atoms with Crippen molar-refractivity contribution in [3.05, 3.63) is 0 Å². The summed E-state index contributed by atoms with van der Waals surface area (Å²) in [5.74, 6) is -3.36. The van der Waals surface area contributed by atoms with Gasteiger partial charge in [-0.2, -0.15) is 0 Å². The number of aliphatic hydroxyl groups is 1. The molecule has 0 saturated carbocycles. The average Bonchev–Trinajstić information content (AvgIpc) is 2.69. The molecule has 6 unspecified atom stereocenters. The summed E-state index contributed by atoms with van der Waals surface area (Å²) in [5, 5.41) is 26.3. The molecule has 0 saturated heterocycles. The van der Waals surface area contributed by atoms with Crippen LogP contribution in [0.2, 0.25) is 0 Å². The number of unbranched alkanes of at least 4 members (excludes halogenated alkanes) is 1. The Morgan fingerprint density at radius 3 is 2.00 bits per heavy atom. The zero-order valence-corrected chi connectivity index (χ0v) is 18.2. The molecule has 0 aliphatic heterocycles. The van der Waals surface area contributed by atoms with Crippen LogP contribution in [0.25, 0.3) is 0 Å². The summed E-state index contributed by atoms with van der Waals surface area (Å²) < 4.78 is 0. The molecule has 30 heavy (non-hydrogen) atoms. The number of carbonyl (C=O) groups excluding carboxylic acids is 3. The van der Waals surface area contributed by atoms with E-state index in [0.717, 1.165) is 0 Å². The third-order valence-electron chi connectivity index (χ3n) is 4.94. The number of amides is 3. The molecule has 0 rings (SSSR count). The van der Waals surface area contributed by atoms with Crippen LogP contribution in [0.3, 0.4) is 0 Å². The van der Waals surface area contributed by atoms with E-state index in [1.807, 2.05) is 13.8 Å². The highest BCUT2D eigenvalue weighted by molar-refractivity contribution is 5.94. The van der Waals surface area contributed by atoms with Gasteiger partial charge in [0.2, 0.25) is 17.7 Å². The zero-order chi connectivity index (χ0) is 23.4. The molecule has 0 heterocycles. The highest BCUT2D eigenvalue weighted by atomic mass is 16.4. The predicted molar refractivity (Wildman–Crippen MR) is 111 cm³/mol. The lowest BCUT2D eigenvalue weighted by molar-refractivity contribution is -0.143. The Hall–Kier alpha value is -2.24. The van der Waals surface area contributed by atoms with Gasteiger partial charge < -0.3 is 37.6 Å². The molecule has 0 spiro atoms. The fourth-order valence-electron chi connectivity index (χ4n) is 2.58. The van der Waals surface area contributed by atoms with Gasteiger partial charge in [0.15, 0.2) is 0 Å². The highest BCUT2D eigenvalue weighted by Crippen LogP contribution is 2.06. The highest BCUT2D eigenvalue weighted by Gasteiger charge is 2.31. The summed E-state index contributed by atoms with van der Waals surface area (Å²) in [5.41, 5.74) is 11.2. The second kappa shape index (κ2) is 13.9. The van der Waals surface area contributed by atoms with Gasteiger partial charge in [0.05, 0.1) is 12.1 Å². The molecule has 0 bridgehead atoms. The first-order valence-electron chi connectivity index (χ1n) is 10.2. The van der Waals surface area contributed by atoms with Gasteiger partial charge in [0.1, 0.15) is 18.1 Å². The van der Waals surface area contributed by atoms with Crippen LogP contribution in [0, 0.1) is 5.92 Å². The fourth-order valence-corrected chi connectivity index (χ4v) is 2.58. The standard InChI is InChI=1S/C19H37N5O6/c1-5-10(2)14(21)17(27)22-11(3)16(26)24-15(12(4)25)18(28)23-13(19(29)30)8-6-7-9-20/h10-15,25H,5-9,20-21H2,1-4H3,(H,22,27)(H,23,28)(H,24,26)(H,29,30). The summed E-state index contributed by atoms with van der Waals surface area (Å²) in [6.45, 7) is 6.81. The van der Waals surface area contributed by atoms with Crippen molar-refractivity contribution < 1.29 is 29.4 Å². The van der Waals surface area contributed by atoms with Crippen LogP contribution in [0.5, 0.6) is 0 Å². The summed E-state index contributed by atoms with van der Waals surface area (Å²) in [7, 11) is 0. The van der Waals surface area contributed by atoms with E-state index in [1.165, 1.54) is 13.8 Å². The molecule has 0 radical (unpaired) electrons. The third-order valence-corrected chi connectivity index (χ3v) is 4.94. The fraction of sp³-hybridized carbons (Fsp3) is 0.789. The van der Waals surface area contributed by atoms with Crippen molar-refractivity contribution in [2.75, 3.05) is 6.54 Å². The molecule has 0 aliphatic rings. The van der Waals surface area contributed by atoms with Gasteiger partial charge in [0.25, 0.3) is 0 Å². The van der Waals surface area contributed by atoms with Crippen LogP contribution in [0.1, 0.15) is 53.4 Å². The van der Waals surface area contributed by atoms with Gasteiger partial charge in [-0.3, -0.25) is 14.4 Å². The first-order chi connectivity index (χ1) is 14.0. The van der Waals surface area contributed by atoms with Crippen LogP contribution >= 0.6 is 0 Å². The normalized spacial score (nSPS) is 17.0. The van der Waals surface area contributed by atoms with Gasteiger partial charge in [0, 0.05) is 0 Å². The van der Waals surface area contributed by atoms with Crippen molar-refractivity contribution in [3.8, 4) is 0 Å². The number of aliphatic hydroxyl groups excluding tert-OH is 1. The first-order valence-corrected chi connectivity index (χ1v) is 10.2. The number of carboxylic acid groups (broad SMARTS) is 1. The minimum atomic E-state index is -1.39. The zero-order valence-electron chi connectivity index (χ0n) is 18.2. The Kier molecular flexibility index (Phi) is 12.8. The van der Waals surface area contributed by atoms with E-state index in [0.29, 0.717) is 25.8 Å². The second-order valence-corrected chi connectivity index (χ2v) is 7.55. The number of hydrogen-bond donors (Lipinski definition) is 7. The van der Waals surface area contributed by atoms with Crippen LogP contribution < -0.4 is 27.4 Å². The molecule has 3 amide bonds. The van der Waals surface area contributed by atoms with E-state index >= 15 is 0 Å². The van der Waals surface area contributed by atoms with E-state index in [2.05, 4.69) is 16.0 Å². The van der Waals surface area contributed by atoms with E-state index in [4.69, 9.17) is 11.5 Å². The van der Waals surface area contributed by atoms with Crippen molar-refractivity contribution >= 4 is 23.7 Å². The van der Waals surface area contributed by atoms with Crippen molar-refractivity contribution in [2.24, 2.45) is 17.4 Å². The van der Waals surface area contributed by atoms with E-state index < -0.39 is 54.0 Å². The molecule has 9 N–H and O–H groups in total. The maximum absolute atomic E-state index is 12.5. The smallest absolute Gasteiger partial charge is 0.326 e. The van der Waals surface area contributed by atoms with Gasteiger partial charge >= 0.3 is 5.97 Å². The van der Waals surface area contributed by atoms with Gasteiger partial charge in [-0.15, -0.1) is 0 Å². The number of hydrogen-bond acceptors (Lipinski definition) is 7. The van der Waals surface area contributed by atoms with Gasteiger partial charge in [-0.25, -0.2) is 4.79 Å². The predicted octanol–water partition coefficient (Wildman–Crippen LogP) is -1.57. The molecule has 0 aliphatic carbocycles. The lowest BCUT2D eigenvalue weighted by atomic mass is 9.99. The van der Waals surface area contributed by atoms with Gasteiger partial charge in [-0.1, -0.05) is 20.3 Å². The third kappa shape index (κ3) is 9.51. The average molecular weight is 432 g/mol. The number of carboxylic acids is 1. The summed E-state index contributed by atoms with van der Waals surface area (Å²) in [4.78, 5) is 48.4. The van der Waals surface area contributed by atoms with Crippen molar-refractivity contribution in [1.82, 2.24) is 16.0 Å². The summed E-state index contributed by atoms with van der Waals surface area (Å²) in [6.07, 6.45) is 0.664. The molecule has 11 nitrogen and oxygen atoms in total. The largest absolute Gasteiger partial charge is 0.480 e. The van der Waals surface area contributed by atoms with Crippen molar-refractivity contribution in [1.29, 1.82) is 0 Å². The number of carbonyl (C=O) groups is 4. The Labute approximate surface area is 177 Å². The maximum Gasteiger partial charge on any atom is 0.326 e. The quantitative estimate of drug-likeness (QED) is 0.160. The SMILES string of the molecule is CCC(C)C(N)C(=O)NC(C)C(=O)NC(C(=O)NC(CCCCN)C(=O)O)C(C)O. The molecule has 0 aromatic heterocycles. The first kappa shape index (κ1) is 27.8. The van der Waals surface area contributed by atoms with E-state index in [9.17, 15) is 29.4 Å². The minimum absolute atomic E-state index is 0.0801. The van der Waals surface area contributed by atoms with E-state index in [-0.39, 0.29) is 12.3 Å². The summed E-state index contributed by atoms with van der Waals surface area (Å²) in [6, 6.07) is -4.36. The second-order valence-electron chi connectivity index (χ2n) is 7.55. The van der Waals surface area contributed by atoms with Crippen LogP contribution in [0.15, 0.2) is 0 Å². The Morgan fingerprint density at radius 1 is 0.933 bits per heavy atom. The molecule has 6 atom stereocenters. The number of rotatable bonds is 14. The van der Waals surface area contributed by atoms with Crippen molar-refractivity contribution in [2.45, 2.75) is 83.6 Å². The lowest BCUT2D eigenvalue weighted by Crippen LogP contribution is -2.59. The van der Waals surface area contributed by atoms with Crippen LogP contribution in [-0.4, -0.2) is 70.7 Å². The van der Waals surface area contributed by atoms with Gasteiger partial charge in [-0.05, 0) is 45.6 Å². The Morgan fingerprint density at radius 2 is 1.53 bits per heavy atom. The number of nitrogens with two attached hydrogens (primary N) is 2. The molecular formula is C19H37N5O6. The number of nitrogens with one attached hydrogen (secondary N) is 3. The minimum Gasteiger partial charge on any atom is -0.480 e. The maximum atomic E-state index is 12.5. The Balaban J connectivity index is 5.00. The molecule has 0 fully saturated rings. The monoisotopic (exact) mass is 431 g/mol. The van der Waals surface area contributed by atoms with Crippen LogP contribution in [-0.2, 0) is 19.2 Å². The molecule has 11 heteroatoms. The van der Waals surface area contributed by atoms with E-state index in [1.54, 1.807) is 0 Å². The molecule has 174 valence electrons. The Bertz CT molecular complexity index is 586. The summed E-state index contributed by atoms with van der Waals surface area (Å²) >= 11 is 0. The topological polar surface area (TPSA) is 197 Å². The number of aliphatic carboxylic acids is 1. The lowest BCUT2D eigenvalue weighted by Gasteiger charge is -2.26.